The zero-order valence-electron chi connectivity index (χ0n) is 9.41. The molecule has 1 fully saturated rings. The molecule has 0 atom stereocenters. The highest BCUT2D eigenvalue weighted by atomic mass is 16.4. The third-order valence-corrected chi connectivity index (χ3v) is 3.18. The lowest BCUT2D eigenvalue weighted by molar-refractivity contribution is -0.153. The normalized spacial score (nSPS) is 18.0. The molecule has 1 aliphatic carbocycles. The number of ketones is 1. The second-order valence-corrected chi connectivity index (χ2v) is 4.66. The van der Waals surface area contributed by atoms with Gasteiger partial charge in [0.2, 0.25) is 0 Å². The molecule has 0 spiro atoms. The van der Waals surface area contributed by atoms with Crippen molar-refractivity contribution in [3.63, 3.8) is 0 Å². The van der Waals surface area contributed by atoms with Gasteiger partial charge in [-0.25, -0.2) is 0 Å². The first-order chi connectivity index (χ1) is 7.44. The molecule has 1 saturated carbocycles. The monoisotopic (exact) mass is 218 g/mol. The number of carboxylic acid groups (broad SMARTS) is 1. The predicted octanol–water partition coefficient (Wildman–Crippen LogP) is 1.99. The lowest BCUT2D eigenvalue weighted by Crippen LogP contribution is -2.48. The molecule has 0 amide bonds. The average Bonchev–Trinajstić information content (AvgIpc) is 2.10. The molecule has 0 bridgehead atoms. The van der Waals surface area contributed by atoms with Crippen molar-refractivity contribution in [1.29, 1.82) is 0 Å². The number of carbonyl (C=O) groups excluding carboxylic acids is 1. The molecule has 1 N–H and O–H groups in total. The molecule has 84 valence electrons. The van der Waals surface area contributed by atoms with Crippen LogP contribution >= 0.6 is 0 Å². The number of Topliss-reactive ketones (excluding diaryl/α,β-unsaturated/α-hetero) is 1. The zero-order valence-corrected chi connectivity index (χ0v) is 9.41. The summed E-state index contributed by atoms with van der Waals surface area (Å²) in [4.78, 5) is 22.4. The number of carboxylic acids is 1. The van der Waals surface area contributed by atoms with E-state index in [0.29, 0.717) is 0 Å². The highest BCUT2D eigenvalue weighted by molar-refractivity contribution is 6.01. The van der Waals surface area contributed by atoms with E-state index in [4.69, 9.17) is 0 Å². The van der Waals surface area contributed by atoms with Gasteiger partial charge in [-0.1, -0.05) is 29.3 Å². The van der Waals surface area contributed by atoms with Crippen molar-refractivity contribution in [3.8, 4) is 0 Å². The van der Waals surface area contributed by atoms with Crippen LogP contribution in [0, 0.1) is 13.8 Å². The topological polar surface area (TPSA) is 54.4 Å². The molecule has 16 heavy (non-hydrogen) atoms. The average molecular weight is 218 g/mol. The van der Waals surface area contributed by atoms with Crippen molar-refractivity contribution in [3.05, 3.63) is 34.9 Å². The molecule has 0 radical (unpaired) electrons. The van der Waals surface area contributed by atoms with Gasteiger partial charge in [0.15, 0.2) is 0 Å². The quantitative estimate of drug-likeness (QED) is 0.825. The van der Waals surface area contributed by atoms with Crippen LogP contribution in [0.15, 0.2) is 18.2 Å². The fourth-order valence-corrected chi connectivity index (χ4v) is 2.35. The van der Waals surface area contributed by atoms with E-state index >= 15 is 0 Å². The molecule has 1 aromatic rings. The molecule has 1 aromatic carbocycles. The van der Waals surface area contributed by atoms with Crippen molar-refractivity contribution < 1.29 is 14.7 Å². The summed E-state index contributed by atoms with van der Waals surface area (Å²) in [5, 5.41) is 9.28. The van der Waals surface area contributed by atoms with Crippen molar-refractivity contribution in [1.82, 2.24) is 0 Å². The Morgan fingerprint density at radius 2 is 1.69 bits per heavy atom. The first-order valence-electron chi connectivity index (χ1n) is 5.28. The Morgan fingerprint density at radius 3 is 2.06 bits per heavy atom. The second kappa shape index (κ2) is 3.44. The van der Waals surface area contributed by atoms with E-state index < -0.39 is 11.4 Å². The lowest BCUT2D eigenvalue weighted by atomic mass is 9.63. The number of aryl methyl sites for hydroxylation is 2. The summed E-state index contributed by atoms with van der Waals surface area (Å²) in [7, 11) is 0. The smallest absolute Gasteiger partial charge is 0.315 e. The van der Waals surface area contributed by atoms with Gasteiger partial charge in [-0.3, -0.25) is 9.59 Å². The number of carbonyl (C=O) groups is 2. The van der Waals surface area contributed by atoms with E-state index in [-0.39, 0.29) is 18.6 Å². The number of rotatable bonds is 2. The maximum atomic E-state index is 11.3. The Hall–Kier alpha value is -1.64. The Labute approximate surface area is 94.1 Å². The summed E-state index contributed by atoms with van der Waals surface area (Å²) in [5.41, 5.74) is 1.87. The molecule has 0 unspecified atom stereocenters. The molecule has 0 heterocycles. The standard InChI is InChI=1S/C13H14O3/c1-8-3-9(2)5-10(4-8)13(12(15)16)6-11(14)7-13/h3-5H,6-7H2,1-2H3,(H,15,16). The minimum atomic E-state index is -0.964. The first kappa shape index (κ1) is 10.9. The first-order valence-corrected chi connectivity index (χ1v) is 5.28. The molecule has 0 aromatic heterocycles. The van der Waals surface area contributed by atoms with E-state index in [9.17, 15) is 14.7 Å². The van der Waals surface area contributed by atoms with Gasteiger partial charge in [-0.05, 0) is 19.4 Å². The van der Waals surface area contributed by atoms with Crippen LogP contribution in [-0.2, 0) is 15.0 Å². The van der Waals surface area contributed by atoms with Crippen molar-refractivity contribution >= 4 is 11.8 Å². The van der Waals surface area contributed by atoms with Gasteiger partial charge in [0.05, 0.1) is 0 Å². The Kier molecular flexibility index (Phi) is 2.34. The highest BCUT2D eigenvalue weighted by Crippen LogP contribution is 2.42. The number of hydrogen-bond acceptors (Lipinski definition) is 2. The lowest BCUT2D eigenvalue weighted by Gasteiger charge is -2.37. The van der Waals surface area contributed by atoms with E-state index in [0.717, 1.165) is 16.7 Å². The molecule has 0 saturated heterocycles. The van der Waals surface area contributed by atoms with E-state index in [2.05, 4.69) is 0 Å². The fraction of sp³-hybridized carbons (Fsp3) is 0.385. The summed E-state index contributed by atoms with van der Waals surface area (Å²) >= 11 is 0. The van der Waals surface area contributed by atoms with Gasteiger partial charge < -0.3 is 5.11 Å². The Bertz CT molecular complexity index is 446. The van der Waals surface area contributed by atoms with Gasteiger partial charge in [-0.15, -0.1) is 0 Å². The van der Waals surface area contributed by atoms with Crippen LogP contribution in [0.5, 0.6) is 0 Å². The minimum Gasteiger partial charge on any atom is -0.481 e. The molecule has 2 rings (SSSR count). The third-order valence-electron chi connectivity index (χ3n) is 3.18. The number of benzene rings is 1. The van der Waals surface area contributed by atoms with Gasteiger partial charge in [0.25, 0.3) is 0 Å². The van der Waals surface area contributed by atoms with E-state index in [1.807, 2.05) is 32.0 Å². The molecular formula is C13H14O3. The van der Waals surface area contributed by atoms with Crippen molar-refractivity contribution in [2.24, 2.45) is 0 Å². The van der Waals surface area contributed by atoms with Crippen LogP contribution in [0.25, 0.3) is 0 Å². The largest absolute Gasteiger partial charge is 0.481 e. The van der Waals surface area contributed by atoms with Gasteiger partial charge in [0, 0.05) is 12.8 Å². The predicted molar refractivity (Wildman–Crippen MR) is 59.5 cm³/mol. The maximum Gasteiger partial charge on any atom is 0.315 e. The number of hydrogen-bond donors (Lipinski definition) is 1. The van der Waals surface area contributed by atoms with Crippen molar-refractivity contribution in [2.75, 3.05) is 0 Å². The van der Waals surface area contributed by atoms with Crippen LogP contribution in [0.1, 0.15) is 29.5 Å². The maximum absolute atomic E-state index is 11.3. The fourth-order valence-electron chi connectivity index (χ4n) is 2.35. The Balaban J connectivity index is 2.48. The van der Waals surface area contributed by atoms with Crippen LogP contribution in [0.2, 0.25) is 0 Å². The van der Waals surface area contributed by atoms with Crippen molar-refractivity contribution in [2.45, 2.75) is 32.1 Å². The number of aliphatic carboxylic acids is 1. The summed E-state index contributed by atoms with van der Waals surface area (Å²) in [6.45, 7) is 3.87. The highest BCUT2D eigenvalue weighted by Gasteiger charge is 2.51. The molecule has 3 heteroatoms. The molecule has 0 aliphatic heterocycles. The van der Waals surface area contributed by atoms with Gasteiger partial charge in [-0.2, -0.15) is 0 Å². The molecule has 3 nitrogen and oxygen atoms in total. The second-order valence-electron chi connectivity index (χ2n) is 4.66. The SMILES string of the molecule is Cc1cc(C)cc(C2(C(=O)O)CC(=O)C2)c1. The van der Waals surface area contributed by atoms with Crippen LogP contribution < -0.4 is 0 Å². The van der Waals surface area contributed by atoms with Crippen LogP contribution in [-0.4, -0.2) is 16.9 Å². The summed E-state index contributed by atoms with van der Waals surface area (Å²) in [6, 6.07) is 5.74. The summed E-state index contributed by atoms with van der Waals surface area (Å²) in [5.74, 6) is -0.862. The van der Waals surface area contributed by atoms with Crippen LogP contribution in [0.4, 0.5) is 0 Å². The summed E-state index contributed by atoms with van der Waals surface area (Å²) < 4.78 is 0. The van der Waals surface area contributed by atoms with Gasteiger partial charge >= 0.3 is 5.97 Å². The van der Waals surface area contributed by atoms with Gasteiger partial charge in [0.1, 0.15) is 11.2 Å². The third kappa shape index (κ3) is 1.52. The molecule has 1 aliphatic rings. The van der Waals surface area contributed by atoms with Crippen LogP contribution in [0.3, 0.4) is 0 Å². The minimum absolute atomic E-state index is 0.0292. The zero-order chi connectivity index (χ0) is 11.9. The Morgan fingerprint density at radius 1 is 1.19 bits per heavy atom. The molecular weight excluding hydrogens is 204 g/mol. The van der Waals surface area contributed by atoms with E-state index in [1.54, 1.807) is 0 Å². The summed E-state index contributed by atoms with van der Waals surface area (Å²) in [6.07, 6.45) is 0.260. The van der Waals surface area contributed by atoms with E-state index in [1.165, 1.54) is 0 Å².